The Morgan fingerprint density at radius 3 is 2.38 bits per heavy atom. The summed E-state index contributed by atoms with van der Waals surface area (Å²) in [6, 6.07) is 0. The molecule has 1 saturated heterocycles. The van der Waals surface area contributed by atoms with Crippen LogP contribution < -0.4 is 0 Å². The van der Waals surface area contributed by atoms with Gasteiger partial charge in [0.1, 0.15) is 18.5 Å². The summed E-state index contributed by atoms with van der Waals surface area (Å²) in [5, 5.41) is 0. The molecule has 0 N–H and O–H groups in total. The van der Waals surface area contributed by atoms with Gasteiger partial charge < -0.3 is 28.4 Å². The van der Waals surface area contributed by atoms with Crippen molar-refractivity contribution in [3.05, 3.63) is 35.1 Å². The van der Waals surface area contributed by atoms with E-state index < -0.39 is 47.0 Å². The van der Waals surface area contributed by atoms with Crippen molar-refractivity contribution in [2.75, 3.05) is 13.7 Å². The molecular weight excluding hydrogens is 448 g/mol. The molecule has 3 rings (SSSR count). The SMILES string of the molecule is C=C(C)C(=O)OC1CC(C)(OC(C)=O)C2(OC)CCC(C)(C=C3OC(=O)C(COC(C)=O)=C31)O2. The van der Waals surface area contributed by atoms with Crippen LogP contribution in [-0.4, -0.2) is 60.7 Å². The predicted octanol–water partition coefficient (Wildman–Crippen LogP) is 2.41. The van der Waals surface area contributed by atoms with E-state index in [1.807, 2.05) is 0 Å². The van der Waals surface area contributed by atoms with Gasteiger partial charge in [-0.25, -0.2) is 9.59 Å². The Balaban J connectivity index is 2.25. The maximum atomic E-state index is 12.8. The van der Waals surface area contributed by atoms with Gasteiger partial charge in [0.25, 0.3) is 0 Å². The lowest BCUT2D eigenvalue weighted by atomic mass is 9.82. The third-order valence-corrected chi connectivity index (χ3v) is 6.24. The molecule has 0 aromatic carbocycles. The first-order chi connectivity index (χ1) is 15.7. The van der Waals surface area contributed by atoms with E-state index in [0.29, 0.717) is 12.8 Å². The van der Waals surface area contributed by atoms with Crippen LogP contribution in [0.15, 0.2) is 35.1 Å². The van der Waals surface area contributed by atoms with E-state index in [0.717, 1.165) is 0 Å². The van der Waals surface area contributed by atoms with Crippen LogP contribution in [0.25, 0.3) is 0 Å². The zero-order valence-corrected chi connectivity index (χ0v) is 20.3. The van der Waals surface area contributed by atoms with Crippen molar-refractivity contribution in [2.24, 2.45) is 0 Å². The minimum atomic E-state index is -1.44. The van der Waals surface area contributed by atoms with E-state index in [4.69, 9.17) is 28.4 Å². The van der Waals surface area contributed by atoms with Crippen molar-refractivity contribution in [1.29, 1.82) is 0 Å². The summed E-state index contributed by atoms with van der Waals surface area (Å²) in [6.07, 6.45) is 1.14. The summed E-state index contributed by atoms with van der Waals surface area (Å²) in [5.41, 5.74) is -2.07. The van der Waals surface area contributed by atoms with Gasteiger partial charge in [0.05, 0.1) is 11.2 Å². The molecule has 10 heteroatoms. The molecule has 1 fully saturated rings. The molecule has 10 nitrogen and oxygen atoms in total. The van der Waals surface area contributed by atoms with Gasteiger partial charge in [0, 0.05) is 44.9 Å². The Bertz CT molecular complexity index is 1010. The van der Waals surface area contributed by atoms with Crippen LogP contribution in [0.2, 0.25) is 0 Å². The average Bonchev–Trinajstić information content (AvgIpc) is 3.22. The van der Waals surface area contributed by atoms with Crippen molar-refractivity contribution >= 4 is 23.9 Å². The Labute approximate surface area is 197 Å². The number of hydrogen-bond donors (Lipinski definition) is 0. The fraction of sp³-hybridized carbons (Fsp3) is 0.583. The Kier molecular flexibility index (Phi) is 6.78. The number of rotatable bonds is 6. The molecule has 3 aliphatic rings. The smallest absolute Gasteiger partial charge is 0.343 e. The van der Waals surface area contributed by atoms with Crippen molar-refractivity contribution in [3.8, 4) is 0 Å². The summed E-state index contributed by atoms with van der Waals surface area (Å²) >= 11 is 0. The highest BCUT2D eigenvalue weighted by Crippen LogP contribution is 2.52. The second-order valence-corrected chi connectivity index (χ2v) is 9.15. The van der Waals surface area contributed by atoms with Gasteiger partial charge in [-0.3, -0.25) is 9.59 Å². The number of hydrogen-bond acceptors (Lipinski definition) is 10. The third kappa shape index (κ3) is 4.65. The molecule has 0 saturated carbocycles. The lowest BCUT2D eigenvalue weighted by Gasteiger charge is -2.45. The minimum absolute atomic E-state index is 0.0129. The van der Waals surface area contributed by atoms with Crippen LogP contribution in [0.4, 0.5) is 0 Å². The second kappa shape index (κ2) is 8.99. The first-order valence-electron chi connectivity index (χ1n) is 10.9. The van der Waals surface area contributed by atoms with Crippen LogP contribution in [-0.2, 0) is 47.6 Å². The Morgan fingerprint density at radius 1 is 1.15 bits per heavy atom. The predicted molar refractivity (Wildman–Crippen MR) is 116 cm³/mol. The number of carbonyl (C=O) groups is 4. The van der Waals surface area contributed by atoms with Crippen LogP contribution in [0.3, 0.4) is 0 Å². The molecule has 3 heterocycles. The Morgan fingerprint density at radius 2 is 1.82 bits per heavy atom. The second-order valence-electron chi connectivity index (χ2n) is 9.15. The van der Waals surface area contributed by atoms with Crippen molar-refractivity contribution in [2.45, 2.75) is 77.0 Å². The standard InChI is InChI=1S/C24H30O10/c1-13(2)20(27)31-18-11-23(6,33-15(4)26)24(29-7)9-8-22(5,34-24)10-17-19(18)16(21(28)32-17)12-30-14(3)25/h10,18H,1,8-9,11-12H2,2-7H3. The highest BCUT2D eigenvalue weighted by molar-refractivity contribution is 5.96. The summed E-state index contributed by atoms with van der Waals surface area (Å²) in [6.45, 7) is 10.6. The van der Waals surface area contributed by atoms with Gasteiger partial charge in [-0.05, 0) is 33.3 Å². The van der Waals surface area contributed by atoms with Crippen molar-refractivity contribution in [1.82, 2.24) is 0 Å². The molecule has 0 amide bonds. The van der Waals surface area contributed by atoms with E-state index in [2.05, 4.69) is 6.58 Å². The first kappa shape index (κ1) is 25.6. The van der Waals surface area contributed by atoms with Gasteiger partial charge in [-0.1, -0.05) is 6.58 Å². The maximum absolute atomic E-state index is 12.8. The highest BCUT2D eigenvalue weighted by Gasteiger charge is 2.62. The van der Waals surface area contributed by atoms with Gasteiger partial charge in [0.2, 0.25) is 5.79 Å². The van der Waals surface area contributed by atoms with E-state index >= 15 is 0 Å². The van der Waals surface area contributed by atoms with E-state index in [1.165, 1.54) is 27.9 Å². The first-order valence-corrected chi connectivity index (χ1v) is 10.9. The van der Waals surface area contributed by atoms with E-state index in [1.54, 1.807) is 19.9 Å². The Hall–Kier alpha value is -2.98. The molecule has 0 spiro atoms. The fourth-order valence-corrected chi connectivity index (χ4v) is 4.63. The number of esters is 4. The molecule has 4 atom stereocenters. The van der Waals surface area contributed by atoms with Gasteiger partial charge in [0.15, 0.2) is 5.60 Å². The van der Waals surface area contributed by atoms with Crippen molar-refractivity contribution < 1.29 is 47.6 Å². The summed E-state index contributed by atoms with van der Waals surface area (Å²) in [5.74, 6) is -3.93. The number of methoxy groups -OCH3 is 1. The summed E-state index contributed by atoms with van der Waals surface area (Å²) in [4.78, 5) is 49.0. The molecule has 3 aliphatic heterocycles. The third-order valence-electron chi connectivity index (χ3n) is 6.24. The highest BCUT2D eigenvalue weighted by atomic mass is 16.7. The summed E-state index contributed by atoms with van der Waals surface area (Å²) < 4.78 is 34.3. The molecule has 0 aliphatic carbocycles. The topological polar surface area (TPSA) is 124 Å². The lowest BCUT2D eigenvalue weighted by molar-refractivity contribution is -0.313. The molecule has 0 aromatic heterocycles. The van der Waals surface area contributed by atoms with Gasteiger partial charge >= 0.3 is 23.9 Å². The molecule has 0 radical (unpaired) electrons. The zero-order chi connectivity index (χ0) is 25.5. The van der Waals surface area contributed by atoms with Crippen LogP contribution >= 0.6 is 0 Å². The molecular formula is C24H30O10. The molecule has 0 aromatic rings. The summed E-state index contributed by atoms with van der Waals surface area (Å²) in [7, 11) is 1.44. The number of ether oxygens (including phenoxy) is 6. The molecule has 4 unspecified atom stereocenters. The van der Waals surface area contributed by atoms with E-state index in [9.17, 15) is 19.2 Å². The van der Waals surface area contributed by atoms with E-state index in [-0.39, 0.29) is 35.5 Å². The van der Waals surface area contributed by atoms with Gasteiger partial charge in [-0.15, -0.1) is 0 Å². The molecule has 34 heavy (non-hydrogen) atoms. The van der Waals surface area contributed by atoms with Crippen LogP contribution in [0, 0.1) is 0 Å². The zero-order valence-electron chi connectivity index (χ0n) is 20.3. The fourth-order valence-electron chi connectivity index (χ4n) is 4.63. The van der Waals surface area contributed by atoms with Crippen LogP contribution in [0.5, 0.6) is 0 Å². The average molecular weight is 478 g/mol. The largest absolute Gasteiger partial charge is 0.461 e. The van der Waals surface area contributed by atoms with Crippen molar-refractivity contribution in [3.63, 3.8) is 0 Å². The maximum Gasteiger partial charge on any atom is 0.343 e. The monoisotopic (exact) mass is 478 g/mol. The van der Waals surface area contributed by atoms with Gasteiger partial charge in [-0.2, -0.15) is 0 Å². The number of carbonyl (C=O) groups excluding carboxylic acids is 4. The lowest BCUT2D eigenvalue weighted by Crippen LogP contribution is -2.58. The molecule has 2 bridgehead atoms. The van der Waals surface area contributed by atoms with Crippen LogP contribution in [0.1, 0.15) is 53.9 Å². The molecule has 186 valence electrons. The normalized spacial score (nSPS) is 32.5. The minimum Gasteiger partial charge on any atom is -0.461 e. The quantitative estimate of drug-likeness (QED) is 0.319. The number of fused-ring (bicyclic) bond motifs is 3.